The second-order valence-electron chi connectivity index (χ2n) is 7.30. The standard InChI is InChI=1S/C19H26N2O5S/c1-13-6-7-15(25-5)14(12-13)10-11-20-18(22)16-8-9-17(26-16)27(23,24)21-19(2,3)4/h6-9,12,21H,10-11H2,1-5H3,(H,20,22). The predicted molar refractivity (Wildman–Crippen MR) is 103 cm³/mol. The first-order chi connectivity index (χ1) is 12.5. The van der Waals surface area contributed by atoms with Gasteiger partial charge < -0.3 is 14.5 Å². The van der Waals surface area contributed by atoms with Gasteiger partial charge in [-0.25, -0.2) is 13.1 Å². The van der Waals surface area contributed by atoms with E-state index >= 15 is 0 Å². The number of rotatable bonds is 7. The third-order valence-electron chi connectivity index (χ3n) is 3.63. The molecule has 1 aromatic carbocycles. The smallest absolute Gasteiger partial charge is 0.287 e. The maximum absolute atomic E-state index is 12.2. The average Bonchev–Trinajstić information content (AvgIpc) is 3.04. The molecule has 8 heteroatoms. The van der Waals surface area contributed by atoms with Gasteiger partial charge in [-0.2, -0.15) is 0 Å². The number of nitrogens with one attached hydrogen (secondary N) is 2. The van der Waals surface area contributed by atoms with Gasteiger partial charge in [-0.15, -0.1) is 0 Å². The van der Waals surface area contributed by atoms with E-state index in [1.807, 2.05) is 25.1 Å². The van der Waals surface area contributed by atoms with Crippen LogP contribution in [0.15, 0.2) is 39.8 Å². The largest absolute Gasteiger partial charge is 0.496 e. The Hall–Kier alpha value is -2.32. The van der Waals surface area contributed by atoms with Crippen molar-refractivity contribution in [3.05, 3.63) is 47.2 Å². The van der Waals surface area contributed by atoms with Gasteiger partial charge in [-0.05, 0) is 57.9 Å². The average molecular weight is 394 g/mol. The Kier molecular flexibility index (Phi) is 6.33. The van der Waals surface area contributed by atoms with Crippen LogP contribution in [0.2, 0.25) is 0 Å². The quantitative estimate of drug-likeness (QED) is 0.752. The number of ether oxygens (including phenoxy) is 1. The Morgan fingerprint density at radius 2 is 1.89 bits per heavy atom. The third kappa shape index (κ3) is 5.83. The van der Waals surface area contributed by atoms with E-state index < -0.39 is 21.5 Å². The number of hydrogen-bond acceptors (Lipinski definition) is 5. The Labute approximate surface area is 160 Å². The fraction of sp³-hybridized carbons (Fsp3) is 0.421. The number of sulfonamides is 1. The van der Waals surface area contributed by atoms with Crippen LogP contribution in [0.25, 0.3) is 0 Å². The van der Waals surface area contributed by atoms with E-state index in [1.165, 1.54) is 12.1 Å². The molecular formula is C19H26N2O5S. The van der Waals surface area contributed by atoms with E-state index in [1.54, 1.807) is 27.9 Å². The zero-order valence-corrected chi connectivity index (χ0v) is 17.1. The van der Waals surface area contributed by atoms with Crippen LogP contribution in [0.5, 0.6) is 5.75 Å². The topological polar surface area (TPSA) is 97.6 Å². The molecule has 0 fully saturated rings. The minimum Gasteiger partial charge on any atom is -0.496 e. The van der Waals surface area contributed by atoms with Crippen LogP contribution in [0.1, 0.15) is 42.5 Å². The summed E-state index contributed by atoms with van der Waals surface area (Å²) in [5, 5.41) is 2.44. The molecule has 0 radical (unpaired) electrons. The van der Waals surface area contributed by atoms with Crippen LogP contribution >= 0.6 is 0 Å². The van der Waals surface area contributed by atoms with Gasteiger partial charge in [-0.3, -0.25) is 4.79 Å². The number of furan rings is 1. The molecule has 1 amide bonds. The van der Waals surface area contributed by atoms with E-state index in [0.717, 1.165) is 16.9 Å². The molecule has 2 aromatic rings. The van der Waals surface area contributed by atoms with Crippen molar-refractivity contribution in [3.8, 4) is 5.75 Å². The van der Waals surface area contributed by atoms with Crippen LogP contribution in [-0.4, -0.2) is 33.5 Å². The molecule has 0 bridgehead atoms. The first-order valence-corrected chi connectivity index (χ1v) is 10.1. The van der Waals surface area contributed by atoms with Crippen molar-refractivity contribution in [3.63, 3.8) is 0 Å². The summed E-state index contributed by atoms with van der Waals surface area (Å²) in [5.41, 5.74) is 1.43. The summed E-state index contributed by atoms with van der Waals surface area (Å²) < 4.78 is 37.5. The maximum atomic E-state index is 12.2. The Bertz CT molecular complexity index is 910. The lowest BCUT2D eigenvalue weighted by Gasteiger charge is -2.18. The van der Waals surface area contributed by atoms with Gasteiger partial charge >= 0.3 is 0 Å². The van der Waals surface area contributed by atoms with Crippen LogP contribution in [0.4, 0.5) is 0 Å². The first-order valence-electron chi connectivity index (χ1n) is 8.57. The highest BCUT2D eigenvalue weighted by molar-refractivity contribution is 7.89. The first kappa shape index (κ1) is 21.0. The SMILES string of the molecule is COc1ccc(C)cc1CCNC(=O)c1ccc(S(=O)(=O)NC(C)(C)C)o1. The van der Waals surface area contributed by atoms with Crippen molar-refractivity contribution in [2.75, 3.05) is 13.7 Å². The zero-order valence-electron chi connectivity index (χ0n) is 16.3. The molecule has 0 saturated heterocycles. The van der Waals surface area contributed by atoms with Gasteiger partial charge in [0.15, 0.2) is 5.76 Å². The van der Waals surface area contributed by atoms with E-state index in [9.17, 15) is 13.2 Å². The van der Waals surface area contributed by atoms with E-state index in [-0.39, 0.29) is 10.9 Å². The highest BCUT2D eigenvalue weighted by Gasteiger charge is 2.26. The number of hydrogen-bond donors (Lipinski definition) is 2. The van der Waals surface area contributed by atoms with Crippen molar-refractivity contribution in [2.24, 2.45) is 0 Å². The maximum Gasteiger partial charge on any atom is 0.287 e. The predicted octanol–water partition coefficient (Wildman–Crippen LogP) is 2.65. The summed E-state index contributed by atoms with van der Waals surface area (Å²) in [5.74, 6) is 0.230. The van der Waals surface area contributed by atoms with Gasteiger partial charge in [0.05, 0.1) is 7.11 Å². The Morgan fingerprint density at radius 3 is 2.52 bits per heavy atom. The molecule has 148 valence electrons. The van der Waals surface area contributed by atoms with Gasteiger partial charge in [0.25, 0.3) is 15.9 Å². The lowest BCUT2D eigenvalue weighted by atomic mass is 10.1. The summed E-state index contributed by atoms with van der Waals surface area (Å²) in [6.45, 7) is 7.52. The third-order valence-corrected chi connectivity index (χ3v) is 5.26. The highest BCUT2D eigenvalue weighted by Crippen LogP contribution is 2.20. The van der Waals surface area contributed by atoms with Crippen molar-refractivity contribution >= 4 is 15.9 Å². The Morgan fingerprint density at radius 1 is 1.19 bits per heavy atom. The number of methoxy groups -OCH3 is 1. The molecular weight excluding hydrogens is 368 g/mol. The second-order valence-corrected chi connectivity index (χ2v) is 8.91. The highest BCUT2D eigenvalue weighted by atomic mass is 32.2. The molecule has 0 unspecified atom stereocenters. The van der Waals surface area contributed by atoms with E-state index in [4.69, 9.17) is 9.15 Å². The van der Waals surface area contributed by atoms with Crippen molar-refractivity contribution in [2.45, 2.75) is 44.7 Å². The number of amides is 1. The van der Waals surface area contributed by atoms with Crippen molar-refractivity contribution in [1.29, 1.82) is 0 Å². The minimum atomic E-state index is -3.82. The fourth-order valence-corrected chi connectivity index (χ4v) is 3.89. The molecule has 0 saturated carbocycles. The molecule has 0 aliphatic carbocycles. The van der Waals surface area contributed by atoms with Crippen molar-refractivity contribution < 1.29 is 22.4 Å². The van der Waals surface area contributed by atoms with Gasteiger partial charge in [0, 0.05) is 12.1 Å². The molecule has 0 spiro atoms. The number of carbonyl (C=O) groups is 1. The molecule has 0 atom stereocenters. The molecule has 0 aliphatic rings. The van der Waals surface area contributed by atoms with Gasteiger partial charge in [-0.1, -0.05) is 17.7 Å². The van der Waals surface area contributed by atoms with Crippen LogP contribution in [0.3, 0.4) is 0 Å². The molecule has 2 rings (SSSR count). The van der Waals surface area contributed by atoms with E-state index in [2.05, 4.69) is 10.0 Å². The summed E-state index contributed by atoms with van der Waals surface area (Å²) in [6.07, 6.45) is 0.577. The lowest BCUT2D eigenvalue weighted by molar-refractivity contribution is 0.0921. The number of aryl methyl sites for hydroxylation is 1. The number of benzene rings is 1. The molecule has 7 nitrogen and oxygen atoms in total. The normalized spacial score (nSPS) is 12.0. The monoisotopic (exact) mass is 394 g/mol. The summed E-state index contributed by atoms with van der Waals surface area (Å²) in [4.78, 5) is 12.2. The minimum absolute atomic E-state index is 0.0551. The molecule has 0 aliphatic heterocycles. The zero-order chi connectivity index (χ0) is 20.2. The van der Waals surface area contributed by atoms with Gasteiger partial charge in [0.2, 0.25) is 5.09 Å². The molecule has 1 heterocycles. The fourth-order valence-electron chi connectivity index (χ4n) is 2.54. The van der Waals surface area contributed by atoms with Crippen LogP contribution < -0.4 is 14.8 Å². The van der Waals surface area contributed by atoms with Crippen molar-refractivity contribution in [1.82, 2.24) is 10.0 Å². The van der Waals surface area contributed by atoms with Crippen LogP contribution in [-0.2, 0) is 16.4 Å². The van der Waals surface area contributed by atoms with Crippen LogP contribution in [0, 0.1) is 6.92 Å². The van der Waals surface area contributed by atoms with Gasteiger partial charge in [0.1, 0.15) is 5.75 Å². The Balaban J connectivity index is 2.00. The molecule has 27 heavy (non-hydrogen) atoms. The molecule has 1 aromatic heterocycles. The lowest BCUT2D eigenvalue weighted by Crippen LogP contribution is -2.40. The van der Waals surface area contributed by atoms with E-state index in [0.29, 0.717) is 13.0 Å². The summed E-state index contributed by atoms with van der Waals surface area (Å²) >= 11 is 0. The summed E-state index contributed by atoms with van der Waals surface area (Å²) in [6, 6.07) is 8.46. The summed E-state index contributed by atoms with van der Waals surface area (Å²) in [7, 11) is -2.22. The number of carbonyl (C=O) groups excluding carboxylic acids is 1. The molecule has 2 N–H and O–H groups in total. The second kappa shape index (κ2) is 8.14.